The van der Waals surface area contributed by atoms with Crippen molar-refractivity contribution in [3.63, 3.8) is 0 Å². The lowest BCUT2D eigenvalue weighted by atomic mass is 9.87. The number of aliphatic imine (C=N–C) groups is 1. The summed E-state index contributed by atoms with van der Waals surface area (Å²) in [6.07, 6.45) is 0. The van der Waals surface area contributed by atoms with Gasteiger partial charge in [-0.3, -0.25) is 4.72 Å². The third kappa shape index (κ3) is 3.06. The van der Waals surface area contributed by atoms with Gasteiger partial charge in [-0.15, -0.1) is 0 Å². The molecule has 1 atom stereocenters. The Kier molecular flexibility index (Phi) is 4.17. The molecule has 0 aromatic heterocycles. The van der Waals surface area contributed by atoms with Crippen molar-refractivity contribution in [2.75, 3.05) is 17.1 Å². The Morgan fingerprint density at radius 3 is 2.69 bits per heavy atom. The number of halogens is 1. The molecule has 2 aromatic carbocycles. The van der Waals surface area contributed by atoms with Crippen LogP contribution in [0.3, 0.4) is 0 Å². The normalized spacial score (nSPS) is 22.1. The van der Waals surface area contributed by atoms with Crippen LogP contribution in [0.15, 0.2) is 52.4 Å². The molecule has 2 aliphatic heterocycles. The van der Waals surface area contributed by atoms with Crippen LogP contribution in [-0.2, 0) is 26.9 Å². The molecule has 2 heterocycles. The molecule has 1 unspecified atom stereocenters. The van der Waals surface area contributed by atoms with Crippen molar-refractivity contribution in [3.8, 4) is 0 Å². The van der Waals surface area contributed by atoms with Gasteiger partial charge in [0, 0.05) is 11.4 Å². The summed E-state index contributed by atoms with van der Waals surface area (Å²) in [7, 11) is -3.82. The van der Waals surface area contributed by atoms with Gasteiger partial charge in [0.2, 0.25) is 0 Å². The number of ether oxygens (including phenoxy) is 1. The number of hydrogen-bond acceptors (Lipinski definition) is 6. The van der Waals surface area contributed by atoms with Gasteiger partial charge in [-0.1, -0.05) is 17.8 Å². The Bertz CT molecular complexity index is 993. The van der Waals surface area contributed by atoms with Crippen LogP contribution in [0.2, 0.25) is 0 Å². The molecule has 9 heteroatoms. The van der Waals surface area contributed by atoms with E-state index in [0.717, 1.165) is 23.3 Å². The number of hydrogen-bond donors (Lipinski definition) is 2. The first-order valence-corrected chi connectivity index (χ1v) is 10.3. The van der Waals surface area contributed by atoms with Crippen molar-refractivity contribution >= 4 is 32.6 Å². The molecular formula is C17H16FN3O3S2. The third-order valence-electron chi connectivity index (χ3n) is 4.37. The molecule has 0 saturated heterocycles. The molecule has 0 amide bonds. The largest absolute Gasteiger partial charge is 0.379 e. The minimum Gasteiger partial charge on any atom is -0.379 e. The number of nitrogens with zero attached hydrogens (tertiary/aromatic N) is 1. The standard InChI is InChI=1S/C17H16FN3O3S2/c18-12-2-5-14(6-3-12)26(22,23)21-13-4-1-11-8-24-9-17(15(11)7-13)10-25-16(19)20-17/h1-7,21H,8-10H2,(H2,19,20). The monoisotopic (exact) mass is 393 g/mol. The van der Waals surface area contributed by atoms with E-state index in [4.69, 9.17) is 10.5 Å². The second-order valence-electron chi connectivity index (χ2n) is 6.19. The molecule has 26 heavy (non-hydrogen) atoms. The molecule has 0 aliphatic carbocycles. The number of thioether (sulfide) groups is 1. The zero-order chi connectivity index (χ0) is 18.4. The summed E-state index contributed by atoms with van der Waals surface area (Å²) >= 11 is 1.46. The predicted octanol–water partition coefficient (Wildman–Crippen LogP) is 2.41. The number of rotatable bonds is 3. The Balaban J connectivity index is 1.69. The van der Waals surface area contributed by atoms with E-state index in [0.29, 0.717) is 29.8 Å². The van der Waals surface area contributed by atoms with Gasteiger partial charge in [0.05, 0.1) is 18.1 Å². The molecule has 2 aromatic rings. The van der Waals surface area contributed by atoms with Crippen LogP contribution in [0.1, 0.15) is 11.1 Å². The number of anilines is 1. The molecule has 136 valence electrons. The van der Waals surface area contributed by atoms with E-state index in [2.05, 4.69) is 9.71 Å². The predicted molar refractivity (Wildman–Crippen MR) is 99.1 cm³/mol. The highest BCUT2D eigenvalue weighted by Crippen LogP contribution is 2.42. The van der Waals surface area contributed by atoms with Crippen molar-refractivity contribution in [2.45, 2.75) is 17.0 Å². The molecule has 4 rings (SSSR count). The van der Waals surface area contributed by atoms with E-state index >= 15 is 0 Å². The van der Waals surface area contributed by atoms with Crippen molar-refractivity contribution in [2.24, 2.45) is 10.7 Å². The van der Waals surface area contributed by atoms with E-state index in [-0.39, 0.29) is 4.90 Å². The lowest BCUT2D eigenvalue weighted by molar-refractivity contribution is 0.0634. The number of benzene rings is 2. The van der Waals surface area contributed by atoms with Crippen LogP contribution in [0, 0.1) is 5.82 Å². The molecule has 1 spiro atoms. The first kappa shape index (κ1) is 17.3. The van der Waals surface area contributed by atoms with E-state index in [9.17, 15) is 12.8 Å². The van der Waals surface area contributed by atoms with Gasteiger partial charge >= 0.3 is 0 Å². The summed E-state index contributed by atoms with van der Waals surface area (Å²) in [4.78, 5) is 4.53. The molecule has 0 saturated carbocycles. The van der Waals surface area contributed by atoms with Crippen LogP contribution in [-0.4, -0.2) is 25.9 Å². The van der Waals surface area contributed by atoms with Gasteiger partial charge in [-0.25, -0.2) is 17.8 Å². The van der Waals surface area contributed by atoms with Crippen LogP contribution in [0.25, 0.3) is 0 Å². The maximum absolute atomic E-state index is 13.0. The van der Waals surface area contributed by atoms with Gasteiger partial charge in [0.15, 0.2) is 5.17 Å². The molecule has 0 radical (unpaired) electrons. The van der Waals surface area contributed by atoms with Gasteiger partial charge in [0.1, 0.15) is 11.4 Å². The summed E-state index contributed by atoms with van der Waals surface area (Å²) in [5.41, 5.74) is 7.55. The van der Waals surface area contributed by atoms with Gasteiger partial charge in [0.25, 0.3) is 10.0 Å². The highest BCUT2D eigenvalue weighted by atomic mass is 32.2. The van der Waals surface area contributed by atoms with Gasteiger partial charge in [-0.2, -0.15) is 0 Å². The smallest absolute Gasteiger partial charge is 0.261 e. The summed E-state index contributed by atoms with van der Waals surface area (Å²) in [6, 6.07) is 9.96. The van der Waals surface area contributed by atoms with E-state index in [1.54, 1.807) is 12.1 Å². The number of fused-ring (bicyclic) bond motifs is 2. The molecule has 0 fully saturated rings. The first-order valence-electron chi connectivity index (χ1n) is 7.86. The van der Waals surface area contributed by atoms with Gasteiger partial charge < -0.3 is 10.5 Å². The van der Waals surface area contributed by atoms with E-state index < -0.39 is 21.4 Å². The highest BCUT2D eigenvalue weighted by Gasteiger charge is 2.41. The summed E-state index contributed by atoms with van der Waals surface area (Å²) < 4.78 is 46.3. The average molecular weight is 393 g/mol. The highest BCUT2D eigenvalue weighted by molar-refractivity contribution is 8.14. The van der Waals surface area contributed by atoms with Gasteiger partial charge in [-0.05, 0) is 47.5 Å². The summed E-state index contributed by atoms with van der Waals surface area (Å²) in [5.74, 6) is 0.161. The fraction of sp³-hybridized carbons (Fsp3) is 0.235. The Hall–Kier alpha value is -2.10. The minimum absolute atomic E-state index is 0.00615. The number of amidine groups is 1. The van der Waals surface area contributed by atoms with Crippen molar-refractivity contribution in [1.29, 1.82) is 0 Å². The maximum atomic E-state index is 13.0. The quantitative estimate of drug-likeness (QED) is 0.835. The SMILES string of the molecule is NC1=NC2(COCc3ccc(NS(=O)(=O)c4ccc(F)cc4)cc32)CS1. The molecule has 6 nitrogen and oxygen atoms in total. The lowest BCUT2D eigenvalue weighted by Crippen LogP contribution is -2.35. The van der Waals surface area contributed by atoms with E-state index in [1.165, 1.54) is 23.9 Å². The fourth-order valence-electron chi connectivity index (χ4n) is 3.12. The first-order chi connectivity index (χ1) is 12.4. The van der Waals surface area contributed by atoms with Crippen LogP contribution in [0.5, 0.6) is 0 Å². The average Bonchev–Trinajstić information content (AvgIpc) is 2.97. The second kappa shape index (κ2) is 6.26. The minimum atomic E-state index is -3.82. The topological polar surface area (TPSA) is 93.8 Å². The summed E-state index contributed by atoms with van der Waals surface area (Å²) in [5, 5.41) is 0.499. The second-order valence-corrected chi connectivity index (χ2v) is 8.87. The Morgan fingerprint density at radius 1 is 1.23 bits per heavy atom. The van der Waals surface area contributed by atoms with E-state index in [1.807, 2.05) is 6.07 Å². The molecule has 3 N–H and O–H groups in total. The van der Waals surface area contributed by atoms with Crippen LogP contribution >= 0.6 is 11.8 Å². The van der Waals surface area contributed by atoms with Crippen LogP contribution in [0.4, 0.5) is 10.1 Å². The van der Waals surface area contributed by atoms with Crippen molar-refractivity contribution < 1.29 is 17.5 Å². The zero-order valence-corrected chi connectivity index (χ0v) is 15.2. The molecule has 2 aliphatic rings. The molecule has 0 bridgehead atoms. The van der Waals surface area contributed by atoms with Crippen molar-refractivity contribution in [3.05, 3.63) is 59.4 Å². The van der Waals surface area contributed by atoms with Crippen molar-refractivity contribution in [1.82, 2.24) is 0 Å². The number of sulfonamides is 1. The lowest BCUT2D eigenvalue weighted by Gasteiger charge is -2.32. The fourth-order valence-corrected chi connectivity index (χ4v) is 5.09. The third-order valence-corrected chi connectivity index (χ3v) is 6.77. The zero-order valence-electron chi connectivity index (χ0n) is 13.6. The maximum Gasteiger partial charge on any atom is 0.261 e. The Labute approximate surface area is 154 Å². The Morgan fingerprint density at radius 2 is 2.00 bits per heavy atom. The van der Waals surface area contributed by atoms with Crippen LogP contribution < -0.4 is 10.5 Å². The number of nitrogens with one attached hydrogen (secondary N) is 1. The number of nitrogens with two attached hydrogens (primary N) is 1. The summed E-state index contributed by atoms with van der Waals surface area (Å²) in [6.45, 7) is 0.851. The molecular weight excluding hydrogens is 377 g/mol.